The van der Waals surface area contributed by atoms with Crippen molar-refractivity contribution in [1.29, 1.82) is 5.26 Å². The van der Waals surface area contributed by atoms with Gasteiger partial charge in [-0.05, 0) is 46.1 Å². The third-order valence-electron chi connectivity index (χ3n) is 5.36. The molecule has 6 nitrogen and oxygen atoms in total. The summed E-state index contributed by atoms with van der Waals surface area (Å²) >= 11 is 1.29. The molecule has 0 bridgehead atoms. The quantitative estimate of drug-likeness (QED) is 0.497. The molecule has 3 aromatic rings. The lowest BCUT2D eigenvalue weighted by Crippen LogP contribution is -2.24. The van der Waals surface area contributed by atoms with Crippen LogP contribution < -0.4 is 5.32 Å². The monoisotopic (exact) mass is 462 g/mol. The number of anilines is 1. The van der Waals surface area contributed by atoms with Gasteiger partial charge >= 0.3 is 0 Å². The van der Waals surface area contributed by atoms with Crippen LogP contribution in [0.25, 0.3) is 11.4 Å². The number of amides is 1. The summed E-state index contributed by atoms with van der Waals surface area (Å²) in [5.74, 6) is -1.01. The summed E-state index contributed by atoms with van der Waals surface area (Å²) in [4.78, 5) is 21.6. The van der Waals surface area contributed by atoms with Crippen molar-refractivity contribution in [2.45, 2.75) is 58.8 Å². The Morgan fingerprint density at radius 2 is 1.76 bits per heavy atom. The maximum absolute atomic E-state index is 12.9. The number of hydrogen-bond acceptors (Lipinski definition) is 6. The lowest BCUT2D eigenvalue weighted by atomic mass is 9.77. The standard InChI is InChI=1S/C26H30N4O2S/c1-25(2,3)18-12-16(13-19(22(18)31)26(4,5)6)11-17(14-27)23(32)30-24-29-21(15-33-24)20-9-7-8-10-28-20/h7-10,12-13,15,17,31H,11H2,1-6H3,(H,29,30,32). The molecule has 1 aromatic carbocycles. The Morgan fingerprint density at radius 3 is 2.27 bits per heavy atom. The maximum Gasteiger partial charge on any atom is 0.243 e. The summed E-state index contributed by atoms with van der Waals surface area (Å²) in [5.41, 5.74) is 3.29. The van der Waals surface area contributed by atoms with Crippen molar-refractivity contribution in [3.8, 4) is 23.2 Å². The molecule has 0 saturated carbocycles. The number of benzene rings is 1. The summed E-state index contributed by atoms with van der Waals surface area (Å²) in [6.07, 6.45) is 1.93. The number of thiazole rings is 1. The van der Waals surface area contributed by atoms with Crippen LogP contribution in [0.1, 0.15) is 58.2 Å². The molecule has 0 spiro atoms. The highest BCUT2D eigenvalue weighted by molar-refractivity contribution is 7.14. The van der Waals surface area contributed by atoms with Crippen molar-refractivity contribution < 1.29 is 9.90 Å². The molecular formula is C26H30N4O2S. The zero-order chi connectivity index (χ0) is 24.4. The number of nitrogens with one attached hydrogen (secondary N) is 1. The van der Waals surface area contributed by atoms with Gasteiger partial charge in [-0.2, -0.15) is 5.26 Å². The van der Waals surface area contributed by atoms with E-state index in [1.54, 1.807) is 6.20 Å². The number of pyridine rings is 1. The molecule has 0 aliphatic heterocycles. The zero-order valence-corrected chi connectivity index (χ0v) is 20.7. The molecule has 172 valence electrons. The second-order valence-electron chi connectivity index (χ2n) is 10.2. The minimum absolute atomic E-state index is 0.243. The maximum atomic E-state index is 12.9. The summed E-state index contributed by atoms with van der Waals surface area (Å²) in [6, 6.07) is 11.5. The predicted molar refractivity (Wildman–Crippen MR) is 132 cm³/mol. The van der Waals surface area contributed by atoms with Crippen molar-refractivity contribution in [2.75, 3.05) is 5.32 Å². The van der Waals surface area contributed by atoms with E-state index in [9.17, 15) is 15.2 Å². The molecular weight excluding hydrogens is 432 g/mol. The van der Waals surface area contributed by atoms with E-state index in [0.29, 0.717) is 10.8 Å². The molecule has 0 aliphatic carbocycles. The number of aromatic nitrogens is 2. The number of carbonyl (C=O) groups is 1. The van der Waals surface area contributed by atoms with Crippen LogP contribution in [0.2, 0.25) is 0 Å². The van der Waals surface area contributed by atoms with Crippen molar-refractivity contribution in [3.63, 3.8) is 0 Å². The van der Waals surface area contributed by atoms with Crippen molar-refractivity contribution >= 4 is 22.4 Å². The summed E-state index contributed by atoms with van der Waals surface area (Å²) < 4.78 is 0. The van der Waals surface area contributed by atoms with Gasteiger partial charge in [0.15, 0.2) is 5.13 Å². The van der Waals surface area contributed by atoms with Gasteiger partial charge in [0.05, 0.1) is 11.8 Å². The van der Waals surface area contributed by atoms with Gasteiger partial charge in [0.2, 0.25) is 5.91 Å². The van der Waals surface area contributed by atoms with E-state index in [4.69, 9.17) is 0 Å². The Hall–Kier alpha value is -3.24. The highest BCUT2D eigenvalue weighted by Gasteiger charge is 2.28. The minimum Gasteiger partial charge on any atom is -0.507 e. The molecule has 7 heteroatoms. The van der Waals surface area contributed by atoms with E-state index in [1.807, 2.05) is 77.3 Å². The van der Waals surface area contributed by atoms with Gasteiger partial charge in [-0.15, -0.1) is 11.3 Å². The molecule has 1 unspecified atom stereocenters. The molecule has 33 heavy (non-hydrogen) atoms. The highest BCUT2D eigenvalue weighted by atomic mass is 32.1. The Balaban J connectivity index is 1.84. The Morgan fingerprint density at radius 1 is 1.12 bits per heavy atom. The molecule has 3 rings (SSSR count). The van der Waals surface area contributed by atoms with Crippen LogP contribution in [0.15, 0.2) is 41.9 Å². The SMILES string of the molecule is CC(C)(C)c1cc(CC(C#N)C(=O)Nc2nc(-c3ccccn3)cs2)cc(C(C)(C)C)c1O. The summed E-state index contributed by atoms with van der Waals surface area (Å²) in [6.45, 7) is 12.2. The number of rotatable bonds is 5. The Kier molecular flexibility index (Phi) is 6.89. The molecule has 2 heterocycles. The zero-order valence-electron chi connectivity index (χ0n) is 19.9. The lowest BCUT2D eigenvalue weighted by molar-refractivity contribution is -0.118. The number of hydrogen-bond donors (Lipinski definition) is 2. The molecule has 2 aromatic heterocycles. The average Bonchev–Trinajstić information content (AvgIpc) is 3.20. The molecule has 2 N–H and O–H groups in total. The number of nitrogens with zero attached hydrogens (tertiary/aromatic N) is 3. The van der Waals surface area contributed by atoms with Crippen LogP contribution in [0.4, 0.5) is 5.13 Å². The first kappa shape index (κ1) is 24.4. The third kappa shape index (κ3) is 5.77. The van der Waals surface area contributed by atoms with Crippen molar-refractivity contribution in [1.82, 2.24) is 9.97 Å². The first-order valence-corrected chi connectivity index (χ1v) is 11.7. The van der Waals surface area contributed by atoms with Crippen LogP contribution in [0, 0.1) is 17.2 Å². The third-order valence-corrected chi connectivity index (χ3v) is 6.12. The molecule has 0 radical (unpaired) electrons. The van der Waals surface area contributed by atoms with Crippen LogP contribution in [0.3, 0.4) is 0 Å². The second-order valence-corrected chi connectivity index (χ2v) is 11.0. The number of phenols is 1. The highest BCUT2D eigenvalue weighted by Crippen LogP contribution is 2.40. The molecule has 0 aliphatic rings. The fourth-order valence-electron chi connectivity index (χ4n) is 3.54. The normalized spacial score (nSPS) is 12.8. The number of aromatic hydroxyl groups is 1. The van der Waals surface area contributed by atoms with Gasteiger partial charge in [0.1, 0.15) is 17.4 Å². The molecule has 0 fully saturated rings. The van der Waals surface area contributed by atoms with Crippen LogP contribution in [-0.2, 0) is 22.0 Å². The lowest BCUT2D eigenvalue weighted by Gasteiger charge is -2.28. The van der Waals surface area contributed by atoms with E-state index in [1.165, 1.54) is 11.3 Å². The van der Waals surface area contributed by atoms with E-state index < -0.39 is 11.8 Å². The van der Waals surface area contributed by atoms with E-state index in [0.717, 1.165) is 22.4 Å². The van der Waals surface area contributed by atoms with Crippen LogP contribution in [-0.4, -0.2) is 21.0 Å². The first-order chi connectivity index (χ1) is 15.4. The van der Waals surface area contributed by atoms with Crippen molar-refractivity contribution in [2.24, 2.45) is 5.92 Å². The summed E-state index contributed by atoms with van der Waals surface area (Å²) in [7, 11) is 0. The fourth-order valence-corrected chi connectivity index (χ4v) is 4.25. The first-order valence-electron chi connectivity index (χ1n) is 10.8. The number of carbonyl (C=O) groups excluding carboxylic acids is 1. The molecule has 1 atom stereocenters. The van der Waals surface area contributed by atoms with E-state index in [2.05, 4.69) is 21.4 Å². The average molecular weight is 463 g/mol. The topological polar surface area (TPSA) is 98.9 Å². The summed E-state index contributed by atoms with van der Waals surface area (Å²) in [5, 5.41) is 25.7. The van der Waals surface area contributed by atoms with Crippen LogP contribution in [0.5, 0.6) is 5.75 Å². The van der Waals surface area contributed by atoms with Gasteiger partial charge < -0.3 is 10.4 Å². The molecule has 1 amide bonds. The van der Waals surface area contributed by atoms with Gasteiger partial charge in [0.25, 0.3) is 0 Å². The van der Waals surface area contributed by atoms with Crippen molar-refractivity contribution in [3.05, 3.63) is 58.6 Å². The predicted octanol–water partition coefficient (Wildman–Crippen LogP) is 5.83. The Bertz CT molecular complexity index is 1150. The van der Waals surface area contributed by atoms with Gasteiger partial charge in [-0.1, -0.05) is 59.7 Å². The molecule has 0 saturated heterocycles. The van der Waals surface area contributed by atoms with Gasteiger partial charge in [-0.25, -0.2) is 4.98 Å². The number of phenolic OH excluding ortho intramolecular Hbond substituents is 1. The Labute approximate surface area is 199 Å². The second kappa shape index (κ2) is 9.32. The number of nitriles is 1. The largest absolute Gasteiger partial charge is 0.507 e. The van der Waals surface area contributed by atoms with Gasteiger partial charge in [-0.3, -0.25) is 9.78 Å². The van der Waals surface area contributed by atoms with Gasteiger partial charge in [0, 0.05) is 11.6 Å². The van der Waals surface area contributed by atoms with E-state index >= 15 is 0 Å². The smallest absolute Gasteiger partial charge is 0.243 e. The van der Waals surface area contributed by atoms with Crippen LogP contribution >= 0.6 is 11.3 Å². The van der Waals surface area contributed by atoms with E-state index in [-0.39, 0.29) is 23.0 Å². The fraction of sp³-hybridized carbons (Fsp3) is 0.385. The minimum atomic E-state index is -0.891.